The topological polar surface area (TPSA) is 83.5 Å². The fourth-order valence-corrected chi connectivity index (χ4v) is 6.43. The second kappa shape index (κ2) is 7.44. The van der Waals surface area contributed by atoms with Crippen LogP contribution in [0.15, 0.2) is 23.1 Å². The average Bonchev–Trinajstić information content (AvgIpc) is 3.16. The minimum absolute atomic E-state index is 0.107. The van der Waals surface area contributed by atoms with Crippen LogP contribution in [0.1, 0.15) is 39.0 Å². The minimum Gasteiger partial charge on any atom is -0.340 e. The third-order valence-electron chi connectivity index (χ3n) is 5.69. The molecule has 4 rings (SSSR count). The molecule has 9 heteroatoms. The molecular formula is C18H24N4O3S2. The van der Waals surface area contributed by atoms with Gasteiger partial charge in [0.1, 0.15) is 15.9 Å². The summed E-state index contributed by atoms with van der Waals surface area (Å²) in [5, 5.41) is 0. The van der Waals surface area contributed by atoms with Gasteiger partial charge in [-0.3, -0.25) is 4.79 Å². The summed E-state index contributed by atoms with van der Waals surface area (Å²) in [4.78, 5) is 15.2. The summed E-state index contributed by atoms with van der Waals surface area (Å²) in [5.74, 6) is -0.155. The molecule has 1 aromatic carbocycles. The maximum Gasteiger partial charge on any atom is 0.245 e. The Bertz CT molecular complexity index is 943. The fourth-order valence-electron chi connectivity index (χ4n) is 4.15. The Kier molecular flexibility index (Phi) is 5.17. The smallest absolute Gasteiger partial charge is 0.245 e. The molecule has 0 saturated carbocycles. The number of hydrogen-bond donors (Lipinski definition) is 0. The van der Waals surface area contributed by atoms with Gasteiger partial charge in [-0.1, -0.05) is 6.07 Å². The number of benzene rings is 1. The zero-order valence-electron chi connectivity index (χ0n) is 15.4. The molecule has 2 saturated heterocycles. The quantitative estimate of drug-likeness (QED) is 0.779. The van der Waals surface area contributed by atoms with E-state index in [1.165, 1.54) is 4.31 Å². The molecule has 0 unspecified atom stereocenters. The number of carbonyl (C=O) groups is 1. The van der Waals surface area contributed by atoms with Gasteiger partial charge in [0.2, 0.25) is 15.9 Å². The average molecular weight is 409 g/mol. The van der Waals surface area contributed by atoms with Gasteiger partial charge < -0.3 is 4.90 Å². The van der Waals surface area contributed by atoms with Crippen molar-refractivity contribution in [1.29, 1.82) is 0 Å². The number of nitrogens with zero attached hydrogens (tertiary/aromatic N) is 4. The van der Waals surface area contributed by atoms with Crippen LogP contribution < -0.4 is 0 Å². The molecule has 0 radical (unpaired) electrons. The number of amides is 1. The fraction of sp³-hybridized carbons (Fsp3) is 0.611. The van der Waals surface area contributed by atoms with Crippen molar-refractivity contribution in [1.82, 2.24) is 18.0 Å². The van der Waals surface area contributed by atoms with Crippen LogP contribution in [0.3, 0.4) is 0 Å². The minimum atomic E-state index is -3.70. The monoisotopic (exact) mass is 408 g/mol. The Balaban J connectivity index is 1.57. The van der Waals surface area contributed by atoms with Crippen molar-refractivity contribution in [2.24, 2.45) is 5.92 Å². The van der Waals surface area contributed by atoms with Crippen LogP contribution in [0, 0.1) is 5.92 Å². The standard InChI is InChI=1S/C18H24N4O3S2/c1-13-6-2-3-11-22(13)18(23)14-7-5-10-21(12-14)27(24,25)16-9-4-8-15-17(16)20-26-19-15/h4,8-9,13-14H,2-3,5-7,10-12H2,1H3/t13-,14+/m1/s1. The number of fused-ring (bicyclic) bond motifs is 1. The van der Waals surface area contributed by atoms with Crippen molar-refractivity contribution in [2.45, 2.75) is 50.0 Å². The Morgan fingerprint density at radius 1 is 1.15 bits per heavy atom. The first-order valence-corrected chi connectivity index (χ1v) is 11.7. The van der Waals surface area contributed by atoms with Gasteiger partial charge in [-0.25, -0.2) is 8.42 Å². The number of aromatic nitrogens is 2. The number of rotatable bonds is 3. The number of hydrogen-bond acceptors (Lipinski definition) is 6. The Hall–Kier alpha value is -1.58. The molecule has 146 valence electrons. The number of likely N-dealkylation sites (tertiary alicyclic amines) is 1. The summed E-state index contributed by atoms with van der Waals surface area (Å²) in [7, 11) is -3.70. The molecule has 2 fully saturated rings. The van der Waals surface area contributed by atoms with E-state index in [9.17, 15) is 13.2 Å². The van der Waals surface area contributed by atoms with Gasteiger partial charge in [0.25, 0.3) is 0 Å². The summed E-state index contributed by atoms with van der Waals surface area (Å²) in [6, 6.07) is 5.28. The van der Waals surface area contributed by atoms with E-state index in [0.717, 1.165) is 44.0 Å². The highest BCUT2D eigenvalue weighted by molar-refractivity contribution is 7.89. The molecule has 2 aromatic rings. The molecule has 2 aliphatic rings. The zero-order chi connectivity index (χ0) is 19.0. The van der Waals surface area contributed by atoms with E-state index >= 15 is 0 Å². The van der Waals surface area contributed by atoms with Gasteiger partial charge in [-0.15, -0.1) is 0 Å². The molecule has 1 aromatic heterocycles. The molecule has 0 spiro atoms. The van der Waals surface area contributed by atoms with Gasteiger partial charge in [-0.05, 0) is 51.2 Å². The molecule has 2 atom stereocenters. The van der Waals surface area contributed by atoms with Gasteiger partial charge >= 0.3 is 0 Å². The zero-order valence-corrected chi connectivity index (χ0v) is 17.0. The molecule has 27 heavy (non-hydrogen) atoms. The lowest BCUT2D eigenvalue weighted by Gasteiger charge is -2.38. The van der Waals surface area contributed by atoms with Gasteiger partial charge in [0, 0.05) is 25.7 Å². The number of piperidine rings is 2. The van der Waals surface area contributed by atoms with E-state index in [4.69, 9.17) is 0 Å². The first-order chi connectivity index (χ1) is 13.0. The first-order valence-electron chi connectivity index (χ1n) is 9.50. The van der Waals surface area contributed by atoms with Crippen LogP contribution in [0.4, 0.5) is 0 Å². The van der Waals surface area contributed by atoms with Crippen molar-refractivity contribution >= 4 is 38.7 Å². The molecule has 0 aliphatic carbocycles. The summed E-state index contributed by atoms with van der Waals surface area (Å²) in [6.45, 7) is 3.56. The van der Waals surface area contributed by atoms with Crippen molar-refractivity contribution in [3.05, 3.63) is 18.2 Å². The predicted molar refractivity (Wildman–Crippen MR) is 104 cm³/mol. The Labute approximate surface area is 163 Å². The summed E-state index contributed by atoms with van der Waals surface area (Å²) in [5.41, 5.74) is 1.01. The highest BCUT2D eigenvalue weighted by Crippen LogP contribution is 2.30. The number of sulfonamides is 1. The SMILES string of the molecule is C[C@@H]1CCCCN1C(=O)[C@H]1CCCN(S(=O)(=O)c2cccc3nsnc23)C1. The third kappa shape index (κ3) is 3.48. The summed E-state index contributed by atoms with van der Waals surface area (Å²) >= 11 is 1.01. The van der Waals surface area contributed by atoms with E-state index in [1.54, 1.807) is 18.2 Å². The van der Waals surface area contributed by atoms with Crippen LogP contribution in [-0.2, 0) is 14.8 Å². The van der Waals surface area contributed by atoms with E-state index in [0.29, 0.717) is 24.0 Å². The van der Waals surface area contributed by atoms with E-state index < -0.39 is 10.0 Å². The van der Waals surface area contributed by atoms with Crippen LogP contribution in [0.2, 0.25) is 0 Å². The van der Waals surface area contributed by atoms with Crippen molar-refractivity contribution in [3.8, 4) is 0 Å². The van der Waals surface area contributed by atoms with Gasteiger partial charge in [0.15, 0.2) is 0 Å². The molecule has 7 nitrogen and oxygen atoms in total. The second-order valence-electron chi connectivity index (χ2n) is 7.47. The highest BCUT2D eigenvalue weighted by atomic mass is 32.2. The number of carbonyl (C=O) groups excluding carboxylic acids is 1. The lowest BCUT2D eigenvalue weighted by atomic mass is 9.95. The van der Waals surface area contributed by atoms with Crippen LogP contribution in [0.5, 0.6) is 0 Å². The first kappa shape index (κ1) is 18.8. The highest BCUT2D eigenvalue weighted by Gasteiger charge is 2.37. The lowest BCUT2D eigenvalue weighted by molar-refractivity contribution is -0.140. The molecule has 0 bridgehead atoms. The maximum atomic E-state index is 13.2. The van der Waals surface area contributed by atoms with E-state index in [1.807, 2.05) is 4.90 Å². The van der Waals surface area contributed by atoms with E-state index in [2.05, 4.69) is 15.7 Å². The van der Waals surface area contributed by atoms with Crippen LogP contribution >= 0.6 is 11.7 Å². The maximum absolute atomic E-state index is 13.2. The molecule has 2 aliphatic heterocycles. The summed E-state index contributed by atoms with van der Waals surface area (Å²) in [6.07, 6.45) is 4.66. The van der Waals surface area contributed by atoms with Gasteiger partial charge in [0.05, 0.1) is 17.6 Å². The molecular weight excluding hydrogens is 384 g/mol. The normalized spacial score (nSPS) is 25.0. The Morgan fingerprint density at radius 2 is 2.00 bits per heavy atom. The van der Waals surface area contributed by atoms with Crippen LogP contribution in [0.25, 0.3) is 11.0 Å². The second-order valence-corrected chi connectivity index (χ2v) is 9.90. The molecule has 1 amide bonds. The Morgan fingerprint density at radius 3 is 2.81 bits per heavy atom. The summed E-state index contributed by atoms with van der Waals surface area (Å²) < 4.78 is 36.3. The molecule has 0 N–H and O–H groups in total. The van der Waals surface area contributed by atoms with Crippen molar-refractivity contribution in [3.63, 3.8) is 0 Å². The molecule has 3 heterocycles. The largest absolute Gasteiger partial charge is 0.340 e. The predicted octanol–water partition coefficient (Wildman–Crippen LogP) is 2.49. The van der Waals surface area contributed by atoms with Crippen molar-refractivity contribution < 1.29 is 13.2 Å². The van der Waals surface area contributed by atoms with Gasteiger partial charge in [-0.2, -0.15) is 13.1 Å². The van der Waals surface area contributed by atoms with Crippen LogP contribution in [-0.4, -0.2) is 58.0 Å². The van der Waals surface area contributed by atoms with Crippen molar-refractivity contribution in [2.75, 3.05) is 19.6 Å². The van der Waals surface area contributed by atoms with E-state index in [-0.39, 0.29) is 29.3 Å². The third-order valence-corrected chi connectivity index (χ3v) is 8.13. The lowest BCUT2D eigenvalue weighted by Crippen LogP contribution is -2.50.